The van der Waals surface area contributed by atoms with Crippen LogP contribution < -0.4 is 0 Å². The Bertz CT molecular complexity index is 941. The number of hydrogen-bond acceptors (Lipinski definition) is 7. The van der Waals surface area contributed by atoms with Gasteiger partial charge < -0.3 is 19.7 Å². The molecule has 0 aromatic carbocycles. The predicted molar refractivity (Wildman–Crippen MR) is 129 cm³/mol. The maximum Gasteiger partial charge on any atom is 0.309 e. The lowest BCUT2D eigenvalue weighted by molar-refractivity contribution is -0.155. The molecule has 2 unspecified atom stereocenters. The van der Waals surface area contributed by atoms with E-state index in [1.165, 1.54) is 26.1 Å². The minimum Gasteiger partial charge on any atom is -0.455 e. The molecule has 0 spiro atoms. The molecule has 3 rings (SSSR count). The summed E-state index contributed by atoms with van der Waals surface area (Å²) in [5, 5.41) is 20.5. The molecular weight excluding hydrogens is 477 g/mol. The predicted octanol–water partition coefficient (Wildman–Crippen LogP) is 4.19. The SMILES string of the molecule is C[C@H]1CCCC2(Cl)OC2C[C@@H](/C(F)=C/c2ccccn2)OC(=O)C[C@H](O)C(C)(C)C(=O)[C@H](C)[C@H]1O. The molecule has 2 fully saturated rings. The van der Waals surface area contributed by atoms with Crippen molar-refractivity contribution in [3.8, 4) is 0 Å². The van der Waals surface area contributed by atoms with Gasteiger partial charge in [-0.3, -0.25) is 14.6 Å². The molecule has 7 nitrogen and oxygen atoms in total. The van der Waals surface area contributed by atoms with Crippen LogP contribution in [0, 0.1) is 17.3 Å². The zero-order valence-corrected chi connectivity index (χ0v) is 21.4. The topological polar surface area (TPSA) is 109 Å². The Labute approximate surface area is 210 Å². The van der Waals surface area contributed by atoms with E-state index in [-0.39, 0.29) is 18.1 Å². The molecule has 1 aromatic rings. The Hall–Kier alpha value is -1.87. The van der Waals surface area contributed by atoms with Crippen LogP contribution in [0.2, 0.25) is 0 Å². The maximum atomic E-state index is 15.2. The van der Waals surface area contributed by atoms with Gasteiger partial charge in [0.05, 0.1) is 29.7 Å². The molecule has 2 N–H and O–H groups in total. The number of ether oxygens (including phenoxy) is 2. The number of carbonyl (C=O) groups excluding carboxylic acids is 2. The standard InChI is InChI=1S/C26H35ClFNO6/c1-15-8-7-10-26(27)21(35-26)13-19(18(28)12-17-9-5-6-11-29-17)34-22(31)14-20(30)25(3,4)24(33)16(2)23(15)32/h5-6,9,11-12,15-16,19-21,23,30,32H,7-8,10,13-14H2,1-4H3/b18-12-/t15-,16+,19-,20-,21?,23-,26?/m0/s1. The monoisotopic (exact) mass is 511 g/mol. The van der Waals surface area contributed by atoms with Gasteiger partial charge in [-0.05, 0) is 43.4 Å². The van der Waals surface area contributed by atoms with Crippen molar-refractivity contribution >= 4 is 29.4 Å². The molecule has 0 aliphatic carbocycles. The van der Waals surface area contributed by atoms with Gasteiger partial charge in [-0.1, -0.05) is 45.4 Å². The summed E-state index contributed by atoms with van der Waals surface area (Å²) in [5.74, 6) is -2.88. The molecule has 0 saturated carbocycles. The number of esters is 1. The number of Topliss-reactive ketones (excluding diaryl/α,β-unsaturated/α-hetero) is 1. The number of epoxide rings is 1. The van der Waals surface area contributed by atoms with E-state index in [2.05, 4.69) is 4.98 Å². The largest absolute Gasteiger partial charge is 0.455 e. The first-order valence-corrected chi connectivity index (χ1v) is 12.5. The Morgan fingerprint density at radius 3 is 2.63 bits per heavy atom. The fourth-order valence-electron chi connectivity index (χ4n) is 4.61. The molecule has 9 heteroatoms. The molecule has 7 atom stereocenters. The van der Waals surface area contributed by atoms with Gasteiger partial charge in [-0.25, -0.2) is 4.39 Å². The van der Waals surface area contributed by atoms with Crippen LogP contribution in [0.3, 0.4) is 0 Å². The van der Waals surface area contributed by atoms with Crippen molar-refractivity contribution in [3.63, 3.8) is 0 Å². The van der Waals surface area contributed by atoms with Crippen molar-refractivity contribution in [3.05, 3.63) is 35.9 Å². The number of aliphatic hydroxyl groups is 2. The highest BCUT2D eigenvalue weighted by Gasteiger charge is 2.56. The number of pyridine rings is 1. The number of aromatic nitrogens is 1. The average molecular weight is 512 g/mol. The third-order valence-corrected chi connectivity index (χ3v) is 7.78. The van der Waals surface area contributed by atoms with Gasteiger partial charge in [0.25, 0.3) is 0 Å². The first-order chi connectivity index (χ1) is 16.3. The third kappa shape index (κ3) is 6.67. The summed E-state index contributed by atoms with van der Waals surface area (Å²) in [4.78, 5) is 29.9. The highest BCUT2D eigenvalue weighted by atomic mass is 35.5. The summed E-state index contributed by atoms with van der Waals surface area (Å²) in [6.45, 7) is 6.54. The first kappa shape index (κ1) is 27.7. The van der Waals surface area contributed by atoms with E-state index in [1.54, 1.807) is 25.1 Å². The molecule has 1 aromatic heterocycles. The molecule has 194 valence electrons. The van der Waals surface area contributed by atoms with Crippen LogP contribution in [-0.2, 0) is 19.1 Å². The highest BCUT2D eigenvalue weighted by Crippen LogP contribution is 2.48. The van der Waals surface area contributed by atoms with Gasteiger partial charge in [0.1, 0.15) is 17.7 Å². The number of nitrogens with zero attached hydrogens (tertiary/aromatic N) is 1. The number of carbonyl (C=O) groups is 2. The second-order valence-corrected chi connectivity index (χ2v) is 11.0. The van der Waals surface area contributed by atoms with E-state index in [0.717, 1.165) is 0 Å². The third-order valence-electron chi connectivity index (χ3n) is 7.26. The van der Waals surface area contributed by atoms with Gasteiger partial charge >= 0.3 is 5.97 Å². The summed E-state index contributed by atoms with van der Waals surface area (Å²) in [6, 6.07) is 5.02. The molecule has 2 saturated heterocycles. The zero-order chi connectivity index (χ0) is 26.0. The van der Waals surface area contributed by atoms with Crippen molar-refractivity contribution in [2.45, 2.75) is 89.3 Å². The Morgan fingerprint density at radius 2 is 1.97 bits per heavy atom. The van der Waals surface area contributed by atoms with Gasteiger partial charge in [0.15, 0.2) is 11.2 Å². The van der Waals surface area contributed by atoms with Crippen LogP contribution in [0.5, 0.6) is 0 Å². The fraction of sp³-hybridized carbons (Fsp3) is 0.654. The summed E-state index contributed by atoms with van der Waals surface area (Å²) in [5.41, 5.74) is -0.964. The van der Waals surface area contributed by atoms with E-state index in [9.17, 15) is 19.8 Å². The number of aliphatic hydroxyl groups excluding tert-OH is 2. The highest BCUT2D eigenvalue weighted by molar-refractivity contribution is 6.25. The van der Waals surface area contributed by atoms with Crippen LogP contribution in [0.4, 0.5) is 4.39 Å². The number of hydrogen-bond donors (Lipinski definition) is 2. The second-order valence-electron chi connectivity index (χ2n) is 10.3. The smallest absolute Gasteiger partial charge is 0.309 e. The van der Waals surface area contributed by atoms with Crippen LogP contribution in [0.15, 0.2) is 30.2 Å². The van der Waals surface area contributed by atoms with E-state index < -0.39 is 59.0 Å². The summed E-state index contributed by atoms with van der Waals surface area (Å²) >= 11 is 6.56. The van der Waals surface area contributed by atoms with Gasteiger partial charge in [0, 0.05) is 18.5 Å². The van der Waals surface area contributed by atoms with Crippen molar-refractivity contribution in [2.75, 3.05) is 0 Å². The van der Waals surface area contributed by atoms with Gasteiger partial charge in [0.2, 0.25) is 0 Å². The maximum absolute atomic E-state index is 15.2. The summed E-state index contributed by atoms with van der Waals surface area (Å²) in [6.07, 6.45) is -0.210. The lowest BCUT2D eigenvalue weighted by Crippen LogP contribution is -2.45. The van der Waals surface area contributed by atoms with Gasteiger partial charge in [-0.15, -0.1) is 0 Å². The molecular formula is C26H35ClFNO6. The van der Waals surface area contributed by atoms with Crippen LogP contribution in [0.25, 0.3) is 6.08 Å². The summed E-state index contributed by atoms with van der Waals surface area (Å²) < 4.78 is 26.3. The van der Waals surface area contributed by atoms with Crippen LogP contribution in [-0.4, -0.2) is 56.4 Å². The molecule has 0 bridgehead atoms. The number of halogens is 2. The molecule has 0 radical (unpaired) electrons. The number of ketones is 1. The van der Waals surface area contributed by atoms with Crippen molar-refractivity contribution in [2.24, 2.45) is 17.3 Å². The Balaban J connectivity index is 1.86. The molecule has 35 heavy (non-hydrogen) atoms. The van der Waals surface area contributed by atoms with Crippen LogP contribution in [0.1, 0.15) is 65.5 Å². The molecule has 2 aliphatic heterocycles. The van der Waals surface area contributed by atoms with Crippen molar-refractivity contribution in [1.29, 1.82) is 0 Å². The number of alkyl halides is 1. The van der Waals surface area contributed by atoms with E-state index in [4.69, 9.17) is 21.1 Å². The van der Waals surface area contributed by atoms with Crippen molar-refractivity contribution in [1.82, 2.24) is 4.98 Å². The van der Waals surface area contributed by atoms with E-state index in [0.29, 0.717) is 25.0 Å². The molecule has 0 amide bonds. The number of cyclic esters (lactones) is 1. The second kappa shape index (κ2) is 11.0. The normalized spacial score (nSPS) is 37.3. The quantitative estimate of drug-likeness (QED) is 0.348. The lowest BCUT2D eigenvalue weighted by Gasteiger charge is -2.34. The lowest BCUT2D eigenvalue weighted by atomic mass is 9.73. The average Bonchev–Trinajstić information content (AvgIpc) is 3.45. The van der Waals surface area contributed by atoms with Gasteiger partial charge in [-0.2, -0.15) is 0 Å². The number of fused-ring (bicyclic) bond motifs is 1. The van der Waals surface area contributed by atoms with E-state index >= 15 is 4.39 Å². The molecule has 2 aliphatic rings. The Morgan fingerprint density at radius 1 is 1.26 bits per heavy atom. The minimum absolute atomic E-state index is 0.00195. The first-order valence-electron chi connectivity index (χ1n) is 12.1. The Kier molecular flexibility index (Phi) is 8.73. The number of rotatable bonds is 2. The zero-order valence-electron chi connectivity index (χ0n) is 20.6. The molecule has 3 heterocycles. The minimum atomic E-state index is -1.38. The fourth-order valence-corrected chi connectivity index (χ4v) is 4.94. The van der Waals surface area contributed by atoms with Crippen LogP contribution >= 0.6 is 11.6 Å². The van der Waals surface area contributed by atoms with Crippen molar-refractivity contribution < 1.29 is 33.7 Å². The van der Waals surface area contributed by atoms with E-state index in [1.807, 2.05) is 6.92 Å². The summed E-state index contributed by atoms with van der Waals surface area (Å²) in [7, 11) is 0.